The fourth-order valence-electron chi connectivity index (χ4n) is 2.51. The van der Waals surface area contributed by atoms with Gasteiger partial charge in [-0.2, -0.15) is 0 Å². The molecule has 0 saturated carbocycles. The van der Waals surface area contributed by atoms with E-state index in [1.54, 1.807) is 12.1 Å². The van der Waals surface area contributed by atoms with Gasteiger partial charge in [0.2, 0.25) is 0 Å². The number of ether oxygens (including phenoxy) is 1. The maximum Gasteiger partial charge on any atom is 0.307 e. The number of carboxylic acid groups (broad SMARTS) is 1. The van der Waals surface area contributed by atoms with Crippen molar-refractivity contribution >= 4 is 22.5 Å². The number of rotatable bonds is 6. The van der Waals surface area contributed by atoms with Gasteiger partial charge >= 0.3 is 5.97 Å². The molecular formula is C19H20O5. The Bertz CT molecular complexity index is 871. The molecule has 0 radical (unpaired) electrons. The van der Waals surface area contributed by atoms with Gasteiger partial charge in [0.1, 0.15) is 22.5 Å². The zero-order valence-electron chi connectivity index (χ0n) is 14.0. The number of carbonyl (C=O) groups is 1. The van der Waals surface area contributed by atoms with Gasteiger partial charge in [0.05, 0.1) is 13.5 Å². The van der Waals surface area contributed by atoms with E-state index in [-0.39, 0.29) is 22.8 Å². The summed E-state index contributed by atoms with van der Waals surface area (Å²) in [7, 11) is 1.46. The monoisotopic (exact) mass is 328 g/mol. The molecule has 0 bridgehead atoms. The van der Waals surface area contributed by atoms with Crippen LogP contribution in [-0.2, 0) is 11.2 Å². The Morgan fingerprint density at radius 3 is 2.71 bits per heavy atom. The molecule has 0 aliphatic rings. The average Bonchev–Trinajstić information content (AvgIpc) is 2.55. The van der Waals surface area contributed by atoms with E-state index in [0.717, 1.165) is 5.57 Å². The number of methoxy groups -OCH3 is 1. The molecule has 5 heteroatoms. The van der Waals surface area contributed by atoms with E-state index in [9.17, 15) is 9.59 Å². The van der Waals surface area contributed by atoms with Crippen molar-refractivity contribution in [2.24, 2.45) is 0 Å². The van der Waals surface area contributed by atoms with Crippen LogP contribution < -0.4 is 10.2 Å². The lowest BCUT2D eigenvalue weighted by atomic mass is 10.0. The molecule has 1 aromatic heterocycles. The van der Waals surface area contributed by atoms with E-state index in [1.807, 2.05) is 32.1 Å². The lowest BCUT2D eigenvalue weighted by molar-refractivity contribution is -0.136. The molecule has 0 amide bonds. The highest BCUT2D eigenvalue weighted by Crippen LogP contribution is 2.29. The van der Waals surface area contributed by atoms with Crippen LogP contribution in [0.5, 0.6) is 5.75 Å². The highest BCUT2D eigenvalue weighted by molar-refractivity contribution is 5.89. The van der Waals surface area contributed by atoms with Crippen LogP contribution in [0.3, 0.4) is 0 Å². The predicted octanol–water partition coefficient (Wildman–Crippen LogP) is 3.80. The lowest BCUT2D eigenvalue weighted by Crippen LogP contribution is -2.08. The minimum absolute atomic E-state index is 0.229. The Labute approximate surface area is 139 Å². The van der Waals surface area contributed by atoms with Gasteiger partial charge in [-0.1, -0.05) is 31.2 Å². The maximum absolute atomic E-state index is 12.6. The lowest BCUT2D eigenvalue weighted by Gasteiger charge is -2.10. The summed E-state index contributed by atoms with van der Waals surface area (Å²) in [5.41, 5.74) is 1.31. The molecule has 2 aromatic rings. The van der Waals surface area contributed by atoms with Gasteiger partial charge in [0.25, 0.3) is 0 Å². The van der Waals surface area contributed by atoms with Crippen molar-refractivity contribution in [3.63, 3.8) is 0 Å². The average molecular weight is 328 g/mol. The fourth-order valence-corrected chi connectivity index (χ4v) is 2.51. The Morgan fingerprint density at radius 2 is 2.12 bits per heavy atom. The first-order chi connectivity index (χ1) is 11.5. The summed E-state index contributed by atoms with van der Waals surface area (Å²) in [6.45, 7) is 3.86. The molecule has 126 valence electrons. The molecule has 1 N–H and O–H groups in total. The van der Waals surface area contributed by atoms with Gasteiger partial charge in [-0.3, -0.25) is 9.59 Å². The normalized spacial score (nSPS) is 12.0. The summed E-state index contributed by atoms with van der Waals surface area (Å²) in [5.74, 6) is -0.183. The number of hydrogen-bond donors (Lipinski definition) is 1. The molecular weight excluding hydrogens is 308 g/mol. The molecule has 1 heterocycles. The first kappa shape index (κ1) is 17.5. The number of allylic oxidation sites excluding steroid dienone is 4. The summed E-state index contributed by atoms with van der Waals surface area (Å²) >= 11 is 0. The van der Waals surface area contributed by atoms with Crippen molar-refractivity contribution in [1.29, 1.82) is 0 Å². The van der Waals surface area contributed by atoms with Crippen molar-refractivity contribution in [3.05, 3.63) is 58.0 Å². The van der Waals surface area contributed by atoms with Gasteiger partial charge in [-0.05, 0) is 25.0 Å². The van der Waals surface area contributed by atoms with Crippen LogP contribution in [-0.4, -0.2) is 18.2 Å². The number of hydrogen-bond acceptors (Lipinski definition) is 4. The highest BCUT2D eigenvalue weighted by atomic mass is 16.5. The third-order valence-corrected chi connectivity index (χ3v) is 3.67. The molecule has 0 fully saturated rings. The Balaban J connectivity index is 2.79. The van der Waals surface area contributed by atoms with E-state index in [4.69, 9.17) is 14.3 Å². The maximum atomic E-state index is 12.6. The number of benzene rings is 1. The zero-order valence-corrected chi connectivity index (χ0v) is 14.0. The van der Waals surface area contributed by atoms with E-state index in [1.165, 1.54) is 13.2 Å². The van der Waals surface area contributed by atoms with Crippen LogP contribution in [0.2, 0.25) is 0 Å². The largest absolute Gasteiger partial charge is 0.496 e. The van der Waals surface area contributed by atoms with Crippen molar-refractivity contribution in [1.82, 2.24) is 0 Å². The molecule has 5 nitrogen and oxygen atoms in total. The minimum Gasteiger partial charge on any atom is -0.496 e. The first-order valence-electron chi connectivity index (χ1n) is 7.69. The third-order valence-electron chi connectivity index (χ3n) is 3.67. The standard InChI is InChI=1S/C19H20O5/c1-4-6-7-12(5-2)16-11-14(20)18-15(23-3)9-8-13(10-17(21)22)19(18)24-16/h4,6-9,11H,5,10H2,1-3H3,(H,21,22). The van der Waals surface area contributed by atoms with Crippen molar-refractivity contribution in [2.75, 3.05) is 7.11 Å². The highest BCUT2D eigenvalue weighted by Gasteiger charge is 2.16. The predicted molar refractivity (Wildman–Crippen MR) is 93.5 cm³/mol. The van der Waals surface area contributed by atoms with Crippen molar-refractivity contribution in [3.8, 4) is 5.75 Å². The first-order valence-corrected chi connectivity index (χ1v) is 7.69. The van der Waals surface area contributed by atoms with Crippen LogP contribution >= 0.6 is 0 Å². The smallest absolute Gasteiger partial charge is 0.307 e. The molecule has 0 aliphatic carbocycles. The van der Waals surface area contributed by atoms with Crippen molar-refractivity contribution < 1.29 is 19.1 Å². The summed E-state index contributed by atoms with van der Waals surface area (Å²) < 4.78 is 11.1. The minimum atomic E-state index is -0.991. The summed E-state index contributed by atoms with van der Waals surface area (Å²) in [6, 6.07) is 4.63. The third kappa shape index (κ3) is 3.56. The second-order valence-corrected chi connectivity index (χ2v) is 5.25. The number of fused-ring (bicyclic) bond motifs is 1. The molecule has 1 aromatic carbocycles. The summed E-state index contributed by atoms with van der Waals surface area (Å²) in [4.78, 5) is 23.7. The van der Waals surface area contributed by atoms with E-state index in [2.05, 4.69) is 0 Å². The van der Waals surface area contributed by atoms with Gasteiger partial charge in [-0.15, -0.1) is 0 Å². The SMILES string of the molecule is CC=CC=C(CC)c1cc(=O)c2c(OC)ccc(CC(=O)O)c2o1. The molecule has 0 aliphatic heterocycles. The van der Waals surface area contributed by atoms with Gasteiger partial charge in [-0.25, -0.2) is 0 Å². The molecule has 0 spiro atoms. The second kappa shape index (κ2) is 7.64. The van der Waals surface area contributed by atoms with E-state index < -0.39 is 5.97 Å². The van der Waals surface area contributed by atoms with Crippen LogP contribution in [0.1, 0.15) is 31.6 Å². The Morgan fingerprint density at radius 1 is 1.38 bits per heavy atom. The molecule has 0 atom stereocenters. The van der Waals surface area contributed by atoms with Gasteiger partial charge in [0, 0.05) is 11.6 Å². The van der Waals surface area contributed by atoms with E-state index >= 15 is 0 Å². The Kier molecular flexibility index (Phi) is 5.58. The van der Waals surface area contributed by atoms with Gasteiger partial charge in [0.15, 0.2) is 5.43 Å². The van der Waals surface area contributed by atoms with Crippen LogP contribution in [0, 0.1) is 0 Å². The van der Waals surface area contributed by atoms with Crippen LogP contribution in [0.4, 0.5) is 0 Å². The topological polar surface area (TPSA) is 76.7 Å². The quantitative estimate of drug-likeness (QED) is 0.816. The fraction of sp³-hybridized carbons (Fsp3) is 0.263. The second-order valence-electron chi connectivity index (χ2n) is 5.25. The zero-order chi connectivity index (χ0) is 17.7. The summed E-state index contributed by atoms with van der Waals surface area (Å²) in [5, 5.41) is 9.36. The molecule has 2 rings (SSSR count). The van der Waals surface area contributed by atoms with Crippen LogP contribution in [0.25, 0.3) is 16.5 Å². The summed E-state index contributed by atoms with van der Waals surface area (Å²) in [6.07, 6.45) is 6.07. The number of carboxylic acids is 1. The van der Waals surface area contributed by atoms with Gasteiger partial charge < -0.3 is 14.3 Å². The van der Waals surface area contributed by atoms with E-state index in [0.29, 0.717) is 23.5 Å². The molecule has 24 heavy (non-hydrogen) atoms. The van der Waals surface area contributed by atoms with Crippen molar-refractivity contribution in [2.45, 2.75) is 26.7 Å². The Hall–Kier alpha value is -2.82. The number of aliphatic carboxylic acids is 1. The molecule has 0 unspecified atom stereocenters. The van der Waals surface area contributed by atoms with Crippen LogP contribution in [0.15, 0.2) is 45.6 Å². The molecule has 0 saturated heterocycles.